The van der Waals surface area contributed by atoms with Crippen LogP contribution in [0.15, 0.2) is 17.2 Å². The van der Waals surface area contributed by atoms with Crippen molar-refractivity contribution < 1.29 is 9.32 Å². The highest BCUT2D eigenvalue weighted by atomic mass is 16.5. The number of amides is 1. The number of nitrogens with zero attached hydrogens (tertiary/aromatic N) is 3. The highest BCUT2D eigenvalue weighted by molar-refractivity contribution is 5.87. The first-order valence-electron chi connectivity index (χ1n) is 9.00. The minimum atomic E-state index is 0.0272. The van der Waals surface area contributed by atoms with Gasteiger partial charge in [-0.2, -0.15) is 4.98 Å². The number of piperidine rings is 1. The summed E-state index contributed by atoms with van der Waals surface area (Å²) in [7, 11) is 0. The van der Waals surface area contributed by atoms with E-state index in [1.807, 2.05) is 4.90 Å². The van der Waals surface area contributed by atoms with Crippen LogP contribution in [0.1, 0.15) is 69.0 Å². The van der Waals surface area contributed by atoms with E-state index in [-0.39, 0.29) is 5.91 Å². The molecule has 3 rings (SSSR count). The molecule has 1 amide bonds. The lowest BCUT2D eigenvalue weighted by Crippen LogP contribution is -2.39. The van der Waals surface area contributed by atoms with Crippen LogP contribution < -0.4 is 0 Å². The molecule has 0 N–H and O–H groups in total. The lowest BCUT2D eigenvalue weighted by atomic mass is 9.94. The highest BCUT2D eigenvalue weighted by Gasteiger charge is 2.25. The second-order valence-electron chi connectivity index (χ2n) is 6.94. The van der Waals surface area contributed by atoms with Crippen molar-refractivity contribution in [3.63, 3.8) is 0 Å². The summed E-state index contributed by atoms with van der Waals surface area (Å²) < 4.78 is 5.50. The van der Waals surface area contributed by atoms with E-state index >= 15 is 0 Å². The van der Waals surface area contributed by atoms with Gasteiger partial charge in [0.05, 0.1) is 0 Å². The summed E-state index contributed by atoms with van der Waals surface area (Å²) in [5.74, 6) is 2.55. The number of carbonyl (C=O) groups excluding carboxylic acids is 1. The smallest absolute Gasteiger partial charge is 0.245 e. The Kier molecular flexibility index (Phi) is 5.47. The molecular formula is C18H27N3O2. The van der Waals surface area contributed by atoms with E-state index < -0.39 is 0 Å². The molecular weight excluding hydrogens is 290 g/mol. The number of hydrogen-bond donors (Lipinski definition) is 0. The Morgan fingerprint density at radius 3 is 2.74 bits per heavy atom. The maximum Gasteiger partial charge on any atom is 0.245 e. The molecule has 2 fully saturated rings. The predicted molar refractivity (Wildman–Crippen MR) is 87.9 cm³/mol. The van der Waals surface area contributed by atoms with Crippen LogP contribution in [0.2, 0.25) is 0 Å². The minimum Gasteiger partial charge on any atom is -0.339 e. The molecule has 2 heterocycles. The molecule has 0 bridgehead atoms. The number of rotatable bonds is 4. The summed E-state index contributed by atoms with van der Waals surface area (Å²) in [5.41, 5.74) is 0. The average molecular weight is 317 g/mol. The van der Waals surface area contributed by atoms with Crippen LogP contribution in [0, 0.1) is 5.92 Å². The number of aromatic nitrogens is 2. The summed E-state index contributed by atoms with van der Waals surface area (Å²) in [6, 6.07) is 0. The Balaban J connectivity index is 1.57. The molecule has 1 aromatic heterocycles. The molecule has 5 nitrogen and oxygen atoms in total. The normalized spacial score (nSPS) is 23.5. The predicted octanol–water partition coefficient (Wildman–Crippen LogP) is 3.47. The van der Waals surface area contributed by atoms with Crippen LogP contribution in [0.4, 0.5) is 0 Å². The molecule has 5 heteroatoms. The maximum atomic E-state index is 11.8. The summed E-state index contributed by atoms with van der Waals surface area (Å²) in [4.78, 5) is 18.3. The molecule has 0 radical (unpaired) electrons. The Labute approximate surface area is 138 Å². The van der Waals surface area contributed by atoms with Gasteiger partial charge in [0.15, 0.2) is 5.82 Å². The summed E-state index contributed by atoms with van der Waals surface area (Å²) >= 11 is 0. The molecule has 0 aromatic carbocycles. The van der Waals surface area contributed by atoms with Crippen LogP contribution in [-0.4, -0.2) is 34.0 Å². The van der Waals surface area contributed by atoms with Crippen molar-refractivity contribution in [1.29, 1.82) is 0 Å². The molecule has 1 aliphatic heterocycles. The summed E-state index contributed by atoms with van der Waals surface area (Å²) in [5, 5.41) is 4.23. The fourth-order valence-electron chi connectivity index (χ4n) is 3.86. The van der Waals surface area contributed by atoms with E-state index in [4.69, 9.17) is 4.52 Å². The third-order valence-corrected chi connectivity index (χ3v) is 5.17. The molecule has 1 unspecified atom stereocenters. The Bertz CT molecular complexity index is 532. The van der Waals surface area contributed by atoms with E-state index in [1.54, 1.807) is 0 Å². The first kappa shape index (κ1) is 16.2. The summed E-state index contributed by atoms with van der Waals surface area (Å²) in [6.45, 7) is 5.18. The second-order valence-corrected chi connectivity index (χ2v) is 6.94. The van der Waals surface area contributed by atoms with Gasteiger partial charge in [-0.1, -0.05) is 37.4 Å². The molecule has 1 aliphatic carbocycles. The molecule has 0 spiro atoms. The topological polar surface area (TPSA) is 59.2 Å². The van der Waals surface area contributed by atoms with Crippen LogP contribution >= 0.6 is 0 Å². The number of likely N-dealkylation sites (tertiary alicyclic amines) is 1. The van der Waals surface area contributed by atoms with Gasteiger partial charge in [-0.05, 0) is 37.7 Å². The van der Waals surface area contributed by atoms with Gasteiger partial charge >= 0.3 is 0 Å². The van der Waals surface area contributed by atoms with Gasteiger partial charge in [-0.15, -0.1) is 0 Å². The monoisotopic (exact) mass is 317 g/mol. The zero-order valence-electron chi connectivity index (χ0n) is 13.9. The quantitative estimate of drug-likeness (QED) is 0.630. The zero-order chi connectivity index (χ0) is 16.1. The molecule has 126 valence electrons. The molecule has 23 heavy (non-hydrogen) atoms. The number of hydrogen-bond acceptors (Lipinski definition) is 4. The molecule has 1 saturated heterocycles. The van der Waals surface area contributed by atoms with Crippen molar-refractivity contribution in [1.82, 2.24) is 15.0 Å². The van der Waals surface area contributed by atoms with E-state index in [0.29, 0.717) is 11.8 Å². The third kappa shape index (κ3) is 4.21. The minimum absolute atomic E-state index is 0.0272. The highest BCUT2D eigenvalue weighted by Crippen LogP contribution is 2.30. The fourth-order valence-corrected chi connectivity index (χ4v) is 3.86. The van der Waals surface area contributed by atoms with Gasteiger partial charge in [-0.3, -0.25) is 4.79 Å². The van der Waals surface area contributed by atoms with Gasteiger partial charge < -0.3 is 9.42 Å². The summed E-state index contributed by atoms with van der Waals surface area (Å²) in [6.07, 6.45) is 11.9. The second kappa shape index (κ2) is 7.75. The van der Waals surface area contributed by atoms with Gasteiger partial charge in [0.2, 0.25) is 11.8 Å². The molecule has 1 atom stereocenters. The third-order valence-electron chi connectivity index (χ3n) is 5.17. The van der Waals surface area contributed by atoms with Crippen molar-refractivity contribution in [2.45, 2.75) is 63.7 Å². The van der Waals surface area contributed by atoms with Gasteiger partial charge in [-0.25, -0.2) is 0 Å². The SMILES string of the molecule is C=CC(=O)N1CCCC(Cc2nc(C3CCCCCC3)no2)C1. The lowest BCUT2D eigenvalue weighted by Gasteiger charge is -2.31. The molecule has 1 aromatic rings. The van der Waals surface area contributed by atoms with Crippen LogP contribution in [0.5, 0.6) is 0 Å². The first-order valence-corrected chi connectivity index (χ1v) is 9.00. The van der Waals surface area contributed by atoms with Crippen molar-refractivity contribution in [2.75, 3.05) is 13.1 Å². The van der Waals surface area contributed by atoms with Gasteiger partial charge in [0.1, 0.15) is 0 Å². The standard InChI is InChI=1S/C18H27N3O2/c1-2-17(22)21-11-7-8-14(13-21)12-16-19-18(20-23-16)15-9-5-3-4-6-10-15/h2,14-15H,1,3-13H2. The largest absolute Gasteiger partial charge is 0.339 e. The van der Waals surface area contributed by atoms with E-state index in [1.165, 1.54) is 44.6 Å². The van der Waals surface area contributed by atoms with Crippen molar-refractivity contribution >= 4 is 5.91 Å². The van der Waals surface area contributed by atoms with Crippen molar-refractivity contribution in [3.8, 4) is 0 Å². The fraction of sp³-hybridized carbons (Fsp3) is 0.722. The van der Waals surface area contributed by atoms with Gasteiger partial charge in [0.25, 0.3) is 0 Å². The lowest BCUT2D eigenvalue weighted by molar-refractivity contribution is -0.127. The number of carbonyl (C=O) groups is 1. The van der Waals surface area contributed by atoms with Crippen molar-refractivity contribution in [2.24, 2.45) is 5.92 Å². The van der Waals surface area contributed by atoms with Crippen LogP contribution in [0.3, 0.4) is 0 Å². The van der Waals surface area contributed by atoms with E-state index in [0.717, 1.165) is 44.1 Å². The van der Waals surface area contributed by atoms with Crippen LogP contribution in [0.25, 0.3) is 0 Å². The van der Waals surface area contributed by atoms with Crippen LogP contribution in [-0.2, 0) is 11.2 Å². The van der Waals surface area contributed by atoms with E-state index in [2.05, 4.69) is 16.7 Å². The Hall–Kier alpha value is -1.65. The van der Waals surface area contributed by atoms with E-state index in [9.17, 15) is 4.79 Å². The zero-order valence-corrected chi connectivity index (χ0v) is 13.9. The Morgan fingerprint density at radius 2 is 2.00 bits per heavy atom. The first-order chi connectivity index (χ1) is 11.3. The average Bonchev–Trinajstić information content (AvgIpc) is 2.87. The maximum absolute atomic E-state index is 11.8. The van der Waals surface area contributed by atoms with Gasteiger partial charge in [0, 0.05) is 25.4 Å². The Morgan fingerprint density at radius 1 is 1.22 bits per heavy atom. The molecule has 1 saturated carbocycles. The molecule has 2 aliphatic rings. The van der Waals surface area contributed by atoms with Crippen molar-refractivity contribution in [3.05, 3.63) is 24.4 Å².